The first kappa shape index (κ1) is 10.4. The van der Waals surface area contributed by atoms with Crippen molar-refractivity contribution in [3.05, 3.63) is 0 Å². The predicted molar refractivity (Wildman–Crippen MR) is 53.0 cm³/mol. The zero-order valence-electron chi connectivity index (χ0n) is 8.61. The molecule has 84 valence electrons. The standard InChI is InChI=1S/C10H16N2O3/c13-6-5-12(7-1-2-7)10(15)8-3-4-9(14)11-8/h7-8,13H,1-6H2,(H,11,14)/t8-/m0/s1. The van der Waals surface area contributed by atoms with E-state index in [-0.39, 0.29) is 24.5 Å². The van der Waals surface area contributed by atoms with E-state index < -0.39 is 0 Å². The lowest BCUT2D eigenvalue weighted by molar-refractivity contribution is -0.135. The van der Waals surface area contributed by atoms with E-state index in [1.54, 1.807) is 4.90 Å². The van der Waals surface area contributed by atoms with E-state index >= 15 is 0 Å². The predicted octanol–water partition coefficient (Wildman–Crippen LogP) is -0.752. The highest BCUT2D eigenvalue weighted by Crippen LogP contribution is 2.27. The first-order valence-corrected chi connectivity index (χ1v) is 5.43. The normalized spacial score (nSPS) is 25.1. The van der Waals surface area contributed by atoms with Crippen LogP contribution in [-0.4, -0.2) is 47.1 Å². The van der Waals surface area contributed by atoms with Crippen molar-refractivity contribution >= 4 is 11.8 Å². The summed E-state index contributed by atoms with van der Waals surface area (Å²) in [5, 5.41) is 11.5. The van der Waals surface area contributed by atoms with Gasteiger partial charge in [0.25, 0.3) is 0 Å². The zero-order valence-corrected chi connectivity index (χ0v) is 8.61. The zero-order chi connectivity index (χ0) is 10.8. The van der Waals surface area contributed by atoms with Crippen LogP contribution in [0.15, 0.2) is 0 Å². The summed E-state index contributed by atoms with van der Waals surface area (Å²) in [6.45, 7) is 0.374. The van der Waals surface area contributed by atoms with Gasteiger partial charge in [0.1, 0.15) is 6.04 Å². The van der Waals surface area contributed by atoms with Crippen molar-refractivity contribution < 1.29 is 14.7 Å². The van der Waals surface area contributed by atoms with Crippen LogP contribution in [0.5, 0.6) is 0 Å². The number of aliphatic hydroxyl groups is 1. The smallest absolute Gasteiger partial charge is 0.245 e. The highest BCUT2D eigenvalue weighted by atomic mass is 16.3. The van der Waals surface area contributed by atoms with Gasteiger partial charge in [-0.25, -0.2) is 0 Å². The van der Waals surface area contributed by atoms with Crippen LogP contribution < -0.4 is 5.32 Å². The molecule has 1 atom stereocenters. The van der Waals surface area contributed by atoms with E-state index in [0.29, 0.717) is 25.4 Å². The van der Waals surface area contributed by atoms with Gasteiger partial charge in [0.05, 0.1) is 6.61 Å². The van der Waals surface area contributed by atoms with Gasteiger partial charge < -0.3 is 15.3 Å². The van der Waals surface area contributed by atoms with Gasteiger partial charge in [0, 0.05) is 19.0 Å². The molecule has 2 aliphatic rings. The monoisotopic (exact) mass is 212 g/mol. The molecule has 0 radical (unpaired) electrons. The Morgan fingerprint density at radius 1 is 1.47 bits per heavy atom. The number of carbonyl (C=O) groups is 2. The van der Waals surface area contributed by atoms with E-state index in [4.69, 9.17) is 5.11 Å². The molecule has 1 saturated carbocycles. The van der Waals surface area contributed by atoms with Gasteiger partial charge in [-0.3, -0.25) is 9.59 Å². The number of nitrogens with one attached hydrogen (secondary N) is 1. The third-order valence-corrected chi connectivity index (χ3v) is 2.91. The Morgan fingerprint density at radius 2 is 2.20 bits per heavy atom. The van der Waals surface area contributed by atoms with Gasteiger partial charge in [-0.15, -0.1) is 0 Å². The summed E-state index contributed by atoms with van der Waals surface area (Å²) in [6.07, 6.45) is 3.07. The quantitative estimate of drug-likeness (QED) is 0.644. The van der Waals surface area contributed by atoms with E-state index in [2.05, 4.69) is 5.32 Å². The first-order chi connectivity index (χ1) is 7.22. The minimum absolute atomic E-state index is 0.0110. The Kier molecular flexibility index (Phi) is 2.90. The molecule has 0 aromatic rings. The second kappa shape index (κ2) is 4.18. The number of hydrogen-bond acceptors (Lipinski definition) is 3. The molecule has 1 aliphatic heterocycles. The number of rotatable bonds is 4. The van der Waals surface area contributed by atoms with Crippen LogP contribution >= 0.6 is 0 Å². The third kappa shape index (κ3) is 2.28. The maximum Gasteiger partial charge on any atom is 0.245 e. The van der Waals surface area contributed by atoms with Gasteiger partial charge >= 0.3 is 0 Å². The van der Waals surface area contributed by atoms with Gasteiger partial charge in [-0.1, -0.05) is 0 Å². The van der Waals surface area contributed by atoms with Crippen molar-refractivity contribution in [2.24, 2.45) is 0 Å². The molecule has 1 saturated heterocycles. The highest BCUT2D eigenvalue weighted by molar-refractivity contribution is 5.91. The lowest BCUT2D eigenvalue weighted by Crippen LogP contribution is -2.46. The van der Waals surface area contributed by atoms with E-state index in [1.165, 1.54) is 0 Å². The molecule has 0 bridgehead atoms. The van der Waals surface area contributed by atoms with Crippen molar-refractivity contribution in [2.75, 3.05) is 13.2 Å². The molecule has 1 aliphatic carbocycles. The molecular weight excluding hydrogens is 196 g/mol. The summed E-state index contributed by atoms with van der Waals surface area (Å²) < 4.78 is 0. The van der Waals surface area contributed by atoms with Crippen LogP contribution in [0.3, 0.4) is 0 Å². The SMILES string of the molecule is O=C1CC[C@@H](C(=O)N(CCO)C2CC2)N1. The maximum atomic E-state index is 12.0. The number of aliphatic hydroxyl groups excluding tert-OH is 1. The van der Waals surface area contributed by atoms with Crippen LogP contribution in [0.1, 0.15) is 25.7 Å². The summed E-state index contributed by atoms with van der Waals surface area (Å²) >= 11 is 0. The summed E-state index contributed by atoms with van der Waals surface area (Å²) in [7, 11) is 0. The minimum Gasteiger partial charge on any atom is -0.395 e. The van der Waals surface area contributed by atoms with Gasteiger partial charge in [0.15, 0.2) is 0 Å². The van der Waals surface area contributed by atoms with Crippen LogP contribution in [0.2, 0.25) is 0 Å². The van der Waals surface area contributed by atoms with Crippen LogP contribution in [0.25, 0.3) is 0 Å². The largest absolute Gasteiger partial charge is 0.395 e. The summed E-state index contributed by atoms with van der Waals surface area (Å²) in [5.41, 5.74) is 0. The molecular formula is C10H16N2O3. The molecule has 5 heteroatoms. The van der Waals surface area contributed by atoms with Crippen molar-refractivity contribution in [1.82, 2.24) is 10.2 Å². The van der Waals surface area contributed by atoms with Crippen molar-refractivity contribution in [2.45, 2.75) is 37.8 Å². The lowest BCUT2D eigenvalue weighted by Gasteiger charge is -2.24. The fourth-order valence-electron chi connectivity index (χ4n) is 1.97. The fraction of sp³-hybridized carbons (Fsp3) is 0.800. The molecule has 0 aromatic heterocycles. The second-order valence-corrected chi connectivity index (χ2v) is 4.15. The maximum absolute atomic E-state index is 12.0. The highest BCUT2D eigenvalue weighted by Gasteiger charge is 2.37. The Labute approximate surface area is 88.4 Å². The van der Waals surface area contributed by atoms with Crippen molar-refractivity contribution in [1.29, 1.82) is 0 Å². The van der Waals surface area contributed by atoms with E-state index in [1.807, 2.05) is 0 Å². The third-order valence-electron chi connectivity index (χ3n) is 2.91. The van der Waals surface area contributed by atoms with Gasteiger partial charge in [-0.05, 0) is 19.3 Å². The average molecular weight is 212 g/mol. The Morgan fingerprint density at radius 3 is 2.67 bits per heavy atom. The molecule has 0 aromatic carbocycles. The molecule has 5 nitrogen and oxygen atoms in total. The molecule has 15 heavy (non-hydrogen) atoms. The minimum atomic E-state index is -0.357. The van der Waals surface area contributed by atoms with E-state index in [0.717, 1.165) is 12.8 Å². The Hall–Kier alpha value is -1.10. The van der Waals surface area contributed by atoms with Crippen LogP contribution in [-0.2, 0) is 9.59 Å². The van der Waals surface area contributed by atoms with Crippen molar-refractivity contribution in [3.8, 4) is 0 Å². The molecule has 2 amide bonds. The molecule has 2 fully saturated rings. The van der Waals surface area contributed by atoms with Crippen molar-refractivity contribution in [3.63, 3.8) is 0 Å². The summed E-state index contributed by atoms with van der Waals surface area (Å²) in [5.74, 6) is -0.0782. The number of carbonyl (C=O) groups excluding carboxylic acids is 2. The second-order valence-electron chi connectivity index (χ2n) is 4.15. The first-order valence-electron chi connectivity index (χ1n) is 5.43. The lowest BCUT2D eigenvalue weighted by atomic mass is 10.2. The van der Waals surface area contributed by atoms with Crippen LogP contribution in [0, 0.1) is 0 Å². The Balaban J connectivity index is 1.94. The molecule has 0 unspecified atom stereocenters. The summed E-state index contributed by atoms with van der Waals surface area (Å²) in [6, 6.07) is -0.0631. The van der Waals surface area contributed by atoms with Gasteiger partial charge in [0.2, 0.25) is 11.8 Å². The molecule has 1 heterocycles. The fourth-order valence-corrected chi connectivity index (χ4v) is 1.97. The van der Waals surface area contributed by atoms with Gasteiger partial charge in [-0.2, -0.15) is 0 Å². The topological polar surface area (TPSA) is 69.6 Å². The van der Waals surface area contributed by atoms with Crippen LogP contribution in [0.4, 0.5) is 0 Å². The summed E-state index contributed by atoms with van der Waals surface area (Å²) in [4.78, 5) is 24.7. The number of hydrogen-bond donors (Lipinski definition) is 2. The number of nitrogens with zero attached hydrogens (tertiary/aromatic N) is 1. The Bertz CT molecular complexity index is 276. The van der Waals surface area contributed by atoms with E-state index in [9.17, 15) is 9.59 Å². The molecule has 2 N–H and O–H groups in total. The molecule has 2 rings (SSSR count). The number of amides is 2. The average Bonchev–Trinajstić information content (AvgIpc) is 2.96. The molecule has 0 spiro atoms.